The molecular formula is C22H24ClFN8O2. The van der Waals surface area contributed by atoms with Crippen LogP contribution in [-0.4, -0.2) is 56.2 Å². The molecule has 0 unspecified atom stereocenters. The van der Waals surface area contributed by atoms with Crippen LogP contribution in [0, 0.1) is 5.82 Å². The lowest BCUT2D eigenvalue weighted by atomic mass is 10.0. The first-order valence-electron chi connectivity index (χ1n) is 10.6. The number of piperidine rings is 1. The van der Waals surface area contributed by atoms with Crippen LogP contribution in [0.1, 0.15) is 24.4 Å². The topological polar surface area (TPSA) is 148 Å². The zero-order valence-corrected chi connectivity index (χ0v) is 18.9. The van der Waals surface area contributed by atoms with Gasteiger partial charge in [-0.1, -0.05) is 17.7 Å². The molecule has 1 aromatic carbocycles. The Morgan fingerprint density at radius 1 is 1.29 bits per heavy atom. The maximum atomic E-state index is 14.3. The number of nitrogens with two attached hydrogens (primary N) is 2. The summed E-state index contributed by atoms with van der Waals surface area (Å²) < 4.78 is 16.2. The zero-order chi connectivity index (χ0) is 24.2. The number of anilines is 1. The molecule has 10 nitrogen and oxygen atoms in total. The average Bonchev–Trinajstić information content (AvgIpc) is 3.35. The minimum absolute atomic E-state index is 0.00379. The van der Waals surface area contributed by atoms with Gasteiger partial charge in [0.05, 0.1) is 22.8 Å². The molecular weight excluding hydrogens is 463 g/mol. The Balaban J connectivity index is 1.58. The van der Waals surface area contributed by atoms with Crippen molar-refractivity contribution in [3.05, 3.63) is 59.3 Å². The van der Waals surface area contributed by atoms with Crippen molar-refractivity contribution in [2.24, 2.45) is 10.8 Å². The van der Waals surface area contributed by atoms with E-state index in [-0.39, 0.29) is 34.3 Å². The van der Waals surface area contributed by atoms with Gasteiger partial charge in [-0.2, -0.15) is 5.10 Å². The first kappa shape index (κ1) is 23.6. The summed E-state index contributed by atoms with van der Waals surface area (Å²) in [5, 5.41) is 13.5. The molecule has 1 aliphatic heterocycles. The van der Waals surface area contributed by atoms with Crippen molar-refractivity contribution in [1.82, 2.24) is 25.1 Å². The molecule has 3 heterocycles. The van der Waals surface area contributed by atoms with Crippen molar-refractivity contribution >= 4 is 34.8 Å². The van der Waals surface area contributed by atoms with Gasteiger partial charge in [-0.05, 0) is 31.0 Å². The minimum Gasteiger partial charge on any atom is -0.387 e. The van der Waals surface area contributed by atoms with E-state index >= 15 is 0 Å². The molecule has 1 fully saturated rings. The molecule has 0 saturated carbocycles. The van der Waals surface area contributed by atoms with E-state index in [1.165, 1.54) is 12.1 Å². The number of pyridine rings is 1. The zero-order valence-electron chi connectivity index (χ0n) is 18.2. The Bertz CT molecular complexity index is 1220. The van der Waals surface area contributed by atoms with E-state index in [0.29, 0.717) is 18.7 Å². The number of amides is 1. The molecule has 6 N–H and O–H groups in total. The second kappa shape index (κ2) is 10.2. The van der Waals surface area contributed by atoms with Gasteiger partial charge in [-0.15, -0.1) is 0 Å². The molecule has 0 bridgehead atoms. The van der Waals surface area contributed by atoms with Gasteiger partial charge in [0, 0.05) is 36.6 Å². The quantitative estimate of drug-likeness (QED) is 0.186. The third kappa shape index (κ3) is 4.86. The van der Waals surface area contributed by atoms with Crippen molar-refractivity contribution in [2.75, 3.05) is 25.4 Å². The molecule has 1 aliphatic rings. The Morgan fingerprint density at radius 2 is 2.06 bits per heavy atom. The number of aromatic nitrogens is 3. The van der Waals surface area contributed by atoms with Gasteiger partial charge < -0.3 is 21.2 Å². The molecule has 3 aromatic rings. The van der Waals surface area contributed by atoms with Crippen LogP contribution in [0.2, 0.25) is 5.02 Å². The molecule has 1 amide bonds. The summed E-state index contributed by atoms with van der Waals surface area (Å²) in [6.07, 6.45) is 6.69. The van der Waals surface area contributed by atoms with E-state index in [0.717, 1.165) is 24.0 Å². The largest absolute Gasteiger partial charge is 0.387 e. The average molecular weight is 487 g/mol. The van der Waals surface area contributed by atoms with Crippen LogP contribution in [0.15, 0.2) is 47.8 Å². The highest BCUT2D eigenvalue weighted by Gasteiger charge is 2.24. The fourth-order valence-corrected chi connectivity index (χ4v) is 4.03. The fraction of sp³-hybridized carbons (Fsp3) is 0.273. The summed E-state index contributed by atoms with van der Waals surface area (Å²) in [6, 6.07) is 6.34. The van der Waals surface area contributed by atoms with Crippen LogP contribution < -0.4 is 17.0 Å². The van der Waals surface area contributed by atoms with Crippen molar-refractivity contribution < 1.29 is 14.3 Å². The summed E-state index contributed by atoms with van der Waals surface area (Å²) in [7, 11) is 0. The van der Waals surface area contributed by atoms with E-state index in [4.69, 9.17) is 28.3 Å². The third-order valence-corrected chi connectivity index (χ3v) is 6.03. The Kier molecular flexibility index (Phi) is 7.06. The number of carbonyl (C=O) groups is 1. The number of benzene rings is 1. The van der Waals surface area contributed by atoms with Crippen LogP contribution in [0.5, 0.6) is 0 Å². The number of aliphatic hydroxyl groups is 1. The normalized spacial score (nSPS) is 14.9. The molecule has 0 spiro atoms. The highest BCUT2D eigenvalue weighted by atomic mass is 35.5. The first-order valence-corrected chi connectivity index (χ1v) is 11.0. The van der Waals surface area contributed by atoms with E-state index in [1.54, 1.807) is 29.4 Å². The summed E-state index contributed by atoms with van der Waals surface area (Å²) in [4.78, 5) is 21.8. The first-order chi connectivity index (χ1) is 16.4. The minimum atomic E-state index is -0.674. The smallest absolute Gasteiger partial charge is 0.248 e. The summed E-state index contributed by atoms with van der Waals surface area (Å²) in [5.74, 6) is 5.02. The van der Waals surface area contributed by atoms with Crippen molar-refractivity contribution in [3.8, 4) is 11.1 Å². The van der Waals surface area contributed by atoms with E-state index < -0.39 is 12.4 Å². The molecule has 0 atom stereocenters. The van der Waals surface area contributed by atoms with Gasteiger partial charge in [0.15, 0.2) is 11.7 Å². The number of aliphatic hydroxyl groups excluding tert-OH is 1. The maximum Gasteiger partial charge on any atom is 0.248 e. The molecule has 34 heavy (non-hydrogen) atoms. The number of rotatable bonds is 5. The van der Waals surface area contributed by atoms with Crippen LogP contribution in [-0.2, 0) is 4.79 Å². The standard InChI is InChI=1S/C22H24ClFN8O2/c23-17-2-1-3-18(20(17)24)29-22(30-26)16-8-13(9-27-21(16)25)14-10-28-32(11-14)15-4-6-31(7-5-15)19(34)12-33/h1-3,8-11,15,33H,4-7,12,26H2,(H2,25,27)(H,29,30). The molecule has 4 rings (SSSR count). The van der Waals surface area contributed by atoms with E-state index in [1.807, 2.05) is 10.9 Å². The van der Waals surface area contributed by atoms with E-state index in [9.17, 15) is 9.18 Å². The number of nitrogens with zero attached hydrogens (tertiary/aromatic N) is 5. The van der Waals surface area contributed by atoms with Crippen LogP contribution in [0.4, 0.5) is 15.9 Å². The van der Waals surface area contributed by atoms with Crippen molar-refractivity contribution in [3.63, 3.8) is 0 Å². The fourth-order valence-electron chi connectivity index (χ4n) is 3.86. The Morgan fingerprint density at radius 3 is 2.76 bits per heavy atom. The number of hydrogen-bond donors (Lipinski definition) is 4. The number of likely N-dealkylation sites (tertiary alicyclic amines) is 1. The van der Waals surface area contributed by atoms with Gasteiger partial charge in [-0.3, -0.25) is 9.48 Å². The molecule has 0 radical (unpaired) electrons. The third-order valence-electron chi connectivity index (χ3n) is 5.74. The second-order valence-electron chi connectivity index (χ2n) is 7.81. The number of hydrazine groups is 1. The second-order valence-corrected chi connectivity index (χ2v) is 8.22. The number of nitrogens with one attached hydrogen (secondary N) is 1. The number of nitrogen functional groups attached to an aromatic ring is 1. The van der Waals surface area contributed by atoms with Gasteiger partial charge in [0.2, 0.25) is 5.91 Å². The molecule has 12 heteroatoms. The highest BCUT2D eigenvalue weighted by molar-refractivity contribution is 6.31. The predicted octanol–water partition coefficient (Wildman–Crippen LogP) is 2.02. The SMILES string of the molecule is NNC(=Nc1cccc(Cl)c1F)c1cc(-c2cnn(C3CCN(C(=O)CO)CC3)c2)cnc1N. The Labute approximate surface area is 200 Å². The summed E-state index contributed by atoms with van der Waals surface area (Å²) in [6.45, 7) is 0.653. The van der Waals surface area contributed by atoms with Gasteiger partial charge in [0.1, 0.15) is 18.1 Å². The summed E-state index contributed by atoms with van der Waals surface area (Å²) in [5.41, 5.74) is 10.4. The molecule has 2 aromatic heterocycles. The van der Waals surface area contributed by atoms with Gasteiger partial charge >= 0.3 is 0 Å². The number of hydrogen-bond acceptors (Lipinski definition) is 7. The number of aliphatic imine (C=N–C) groups is 1. The highest BCUT2D eigenvalue weighted by Crippen LogP contribution is 2.28. The molecule has 178 valence electrons. The summed E-state index contributed by atoms with van der Waals surface area (Å²) >= 11 is 5.85. The Hall–Kier alpha value is -3.54. The number of carbonyl (C=O) groups excluding carboxylic acids is 1. The number of halogens is 2. The van der Waals surface area contributed by atoms with Crippen LogP contribution in [0.3, 0.4) is 0 Å². The van der Waals surface area contributed by atoms with Crippen LogP contribution >= 0.6 is 11.6 Å². The molecule has 1 saturated heterocycles. The van der Waals surface area contributed by atoms with Crippen molar-refractivity contribution in [1.29, 1.82) is 0 Å². The lowest BCUT2D eigenvalue weighted by Gasteiger charge is -2.31. The van der Waals surface area contributed by atoms with Gasteiger partial charge in [0.25, 0.3) is 0 Å². The molecule has 0 aliphatic carbocycles. The van der Waals surface area contributed by atoms with E-state index in [2.05, 4.69) is 20.5 Å². The number of amidine groups is 1. The van der Waals surface area contributed by atoms with Crippen molar-refractivity contribution in [2.45, 2.75) is 18.9 Å². The predicted molar refractivity (Wildman–Crippen MR) is 127 cm³/mol. The monoisotopic (exact) mass is 486 g/mol. The van der Waals surface area contributed by atoms with Crippen LogP contribution in [0.25, 0.3) is 11.1 Å². The lowest BCUT2D eigenvalue weighted by molar-refractivity contribution is -0.135. The lowest BCUT2D eigenvalue weighted by Crippen LogP contribution is -2.40. The van der Waals surface area contributed by atoms with Gasteiger partial charge in [-0.25, -0.2) is 20.2 Å². The maximum absolute atomic E-state index is 14.3.